The number of rotatable bonds is 10. The van der Waals surface area contributed by atoms with E-state index in [1.165, 1.54) is 0 Å². The highest BCUT2D eigenvalue weighted by atomic mass is 35.5. The van der Waals surface area contributed by atoms with Crippen molar-refractivity contribution < 1.29 is 23.4 Å². The Morgan fingerprint density at radius 1 is 1.14 bits per heavy atom. The van der Waals surface area contributed by atoms with Crippen molar-refractivity contribution in [1.29, 1.82) is 0 Å². The molecule has 1 heterocycles. The van der Waals surface area contributed by atoms with Gasteiger partial charge < -0.3 is 18.6 Å². The number of ether oxygens (including phenoxy) is 3. The summed E-state index contributed by atoms with van der Waals surface area (Å²) in [5, 5.41) is 0.560. The zero-order valence-corrected chi connectivity index (χ0v) is 17.2. The van der Waals surface area contributed by atoms with Crippen molar-refractivity contribution in [1.82, 2.24) is 4.98 Å². The molecular formula is C22H24ClNO5. The van der Waals surface area contributed by atoms with Crippen LogP contribution in [0.2, 0.25) is 5.02 Å². The second-order valence-corrected chi connectivity index (χ2v) is 7.09. The summed E-state index contributed by atoms with van der Waals surface area (Å²) in [7, 11) is 0. The first-order valence-corrected chi connectivity index (χ1v) is 10.0. The molecule has 0 radical (unpaired) electrons. The lowest BCUT2D eigenvalue weighted by atomic mass is 10.0. The molecule has 0 aliphatic heterocycles. The third kappa shape index (κ3) is 6.12. The Hall–Kier alpha value is -2.73. The minimum atomic E-state index is -0.615. The molecule has 1 aromatic heterocycles. The van der Waals surface area contributed by atoms with Gasteiger partial charge in [-0.1, -0.05) is 36.7 Å². The second kappa shape index (κ2) is 10.2. The monoisotopic (exact) mass is 417 g/mol. The van der Waals surface area contributed by atoms with Crippen molar-refractivity contribution in [2.45, 2.75) is 39.4 Å². The third-order valence-corrected chi connectivity index (χ3v) is 4.57. The number of halogens is 1. The van der Waals surface area contributed by atoms with E-state index < -0.39 is 6.29 Å². The van der Waals surface area contributed by atoms with Gasteiger partial charge in [0.2, 0.25) is 6.29 Å². The molecule has 0 N–H and O–H groups in total. The fourth-order valence-corrected chi connectivity index (χ4v) is 2.99. The van der Waals surface area contributed by atoms with E-state index in [0.717, 1.165) is 0 Å². The minimum absolute atomic E-state index is 0.113. The lowest BCUT2D eigenvalue weighted by Gasteiger charge is -2.19. The standard InChI is InChI=1S/C22H24ClNO5/c1-3-26-21(25)15(2)8-7-11-20(27-17-9-5-4-6-10-17)29-22-24-18-13-12-16(23)14-19(18)28-22/h4-6,9-10,12-15,20H,3,7-8,11H2,1-2H3. The Kier molecular flexibility index (Phi) is 7.36. The first kappa shape index (κ1) is 21.0. The summed E-state index contributed by atoms with van der Waals surface area (Å²) >= 11 is 6.00. The normalized spacial score (nSPS) is 13.1. The number of fused-ring (bicyclic) bond motifs is 1. The first-order chi connectivity index (χ1) is 14.0. The number of benzene rings is 2. The van der Waals surface area contributed by atoms with E-state index in [2.05, 4.69) is 4.98 Å². The third-order valence-electron chi connectivity index (χ3n) is 4.34. The maximum atomic E-state index is 11.8. The van der Waals surface area contributed by atoms with Crippen LogP contribution >= 0.6 is 11.6 Å². The van der Waals surface area contributed by atoms with Gasteiger partial charge in [-0.05, 0) is 44.0 Å². The summed E-state index contributed by atoms with van der Waals surface area (Å²) in [6.07, 6.45) is 1.43. The number of aromatic nitrogens is 1. The molecule has 0 amide bonds. The molecule has 0 fully saturated rings. The molecule has 0 bridgehead atoms. The Morgan fingerprint density at radius 3 is 2.69 bits per heavy atom. The lowest BCUT2D eigenvalue weighted by Crippen LogP contribution is -2.25. The van der Waals surface area contributed by atoms with Crippen LogP contribution in [0.4, 0.5) is 0 Å². The molecule has 2 aromatic carbocycles. The highest BCUT2D eigenvalue weighted by Gasteiger charge is 2.19. The number of esters is 1. The summed E-state index contributed by atoms with van der Waals surface area (Å²) in [6.45, 7) is 4.04. The quantitative estimate of drug-likeness (QED) is 0.314. The average molecular weight is 418 g/mol. The van der Waals surface area contributed by atoms with Crippen molar-refractivity contribution in [2.75, 3.05) is 6.61 Å². The summed E-state index contributed by atoms with van der Waals surface area (Å²) in [6, 6.07) is 14.6. The van der Waals surface area contributed by atoms with Gasteiger partial charge in [0.05, 0.1) is 12.5 Å². The Balaban J connectivity index is 1.66. The second-order valence-electron chi connectivity index (χ2n) is 6.65. The van der Waals surface area contributed by atoms with Gasteiger partial charge in [0.1, 0.15) is 11.3 Å². The maximum absolute atomic E-state index is 11.8. The fourth-order valence-electron chi connectivity index (χ4n) is 2.83. The number of nitrogens with zero attached hydrogens (tertiary/aromatic N) is 1. The van der Waals surface area contributed by atoms with E-state index >= 15 is 0 Å². The van der Waals surface area contributed by atoms with Crippen LogP contribution in [0, 0.1) is 5.92 Å². The highest BCUT2D eigenvalue weighted by molar-refractivity contribution is 6.31. The van der Waals surface area contributed by atoms with Crippen LogP contribution in [-0.4, -0.2) is 23.9 Å². The molecule has 0 aliphatic rings. The number of hydrogen-bond acceptors (Lipinski definition) is 6. The Morgan fingerprint density at radius 2 is 1.93 bits per heavy atom. The van der Waals surface area contributed by atoms with E-state index in [1.54, 1.807) is 25.1 Å². The minimum Gasteiger partial charge on any atom is -0.466 e. The van der Waals surface area contributed by atoms with E-state index in [4.69, 9.17) is 30.2 Å². The predicted molar refractivity (Wildman–Crippen MR) is 110 cm³/mol. The summed E-state index contributed by atoms with van der Waals surface area (Å²) in [4.78, 5) is 16.1. The molecule has 0 spiro atoms. The first-order valence-electron chi connectivity index (χ1n) is 9.66. The Bertz CT molecular complexity index is 927. The van der Waals surface area contributed by atoms with Crippen LogP contribution in [-0.2, 0) is 9.53 Å². The van der Waals surface area contributed by atoms with Crippen LogP contribution in [0.5, 0.6) is 11.8 Å². The molecule has 7 heteroatoms. The molecule has 154 valence electrons. The summed E-state index contributed by atoms with van der Waals surface area (Å²) in [5.41, 5.74) is 1.20. The van der Waals surface area contributed by atoms with Crippen molar-refractivity contribution in [2.24, 2.45) is 5.92 Å². The van der Waals surface area contributed by atoms with Crippen LogP contribution < -0.4 is 9.47 Å². The number of carbonyl (C=O) groups excluding carboxylic acids is 1. The largest absolute Gasteiger partial charge is 0.466 e. The number of para-hydroxylation sites is 1. The number of carbonyl (C=O) groups is 1. The fraction of sp³-hybridized carbons (Fsp3) is 0.364. The smallest absolute Gasteiger partial charge is 0.397 e. The molecule has 6 nitrogen and oxygen atoms in total. The molecule has 3 rings (SSSR count). The number of hydrogen-bond donors (Lipinski definition) is 0. The highest BCUT2D eigenvalue weighted by Crippen LogP contribution is 2.26. The van der Waals surface area contributed by atoms with Gasteiger partial charge >= 0.3 is 12.0 Å². The molecule has 2 atom stereocenters. The lowest BCUT2D eigenvalue weighted by molar-refractivity contribution is -0.147. The van der Waals surface area contributed by atoms with Crippen molar-refractivity contribution >= 4 is 28.7 Å². The summed E-state index contributed by atoms with van der Waals surface area (Å²) in [5.74, 6) is 0.304. The van der Waals surface area contributed by atoms with Gasteiger partial charge in [0.15, 0.2) is 5.58 Å². The van der Waals surface area contributed by atoms with E-state index in [-0.39, 0.29) is 18.0 Å². The summed E-state index contributed by atoms with van der Waals surface area (Å²) < 4.78 is 22.5. The molecule has 29 heavy (non-hydrogen) atoms. The molecule has 2 unspecified atom stereocenters. The topological polar surface area (TPSA) is 70.8 Å². The molecule has 0 aliphatic carbocycles. The van der Waals surface area contributed by atoms with Crippen molar-refractivity contribution in [3.05, 3.63) is 53.6 Å². The Labute approximate surface area is 174 Å². The molecule has 3 aromatic rings. The van der Waals surface area contributed by atoms with Crippen molar-refractivity contribution in [3.63, 3.8) is 0 Å². The zero-order chi connectivity index (χ0) is 20.6. The van der Waals surface area contributed by atoms with E-state index in [9.17, 15) is 4.79 Å². The van der Waals surface area contributed by atoms with Gasteiger partial charge in [-0.15, -0.1) is 0 Å². The van der Waals surface area contributed by atoms with Gasteiger partial charge in [-0.3, -0.25) is 4.79 Å². The van der Waals surface area contributed by atoms with Gasteiger partial charge in [-0.25, -0.2) is 0 Å². The van der Waals surface area contributed by atoms with E-state index in [0.29, 0.717) is 47.7 Å². The molecule has 0 saturated heterocycles. The van der Waals surface area contributed by atoms with Crippen LogP contribution in [0.1, 0.15) is 33.1 Å². The van der Waals surface area contributed by atoms with E-state index in [1.807, 2.05) is 37.3 Å². The molecular weight excluding hydrogens is 394 g/mol. The van der Waals surface area contributed by atoms with Gasteiger partial charge in [0, 0.05) is 17.5 Å². The molecule has 0 saturated carbocycles. The van der Waals surface area contributed by atoms with Crippen LogP contribution in [0.15, 0.2) is 52.9 Å². The zero-order valence-electron chi connectivity index (χ0n) is 16.5. The van der Waals surface area contributed by atoms with Crippen molar-refractivity contribution in [3.8, 4) is 11.8 Å². The number of oxazole rings is 1. The van der Waals surface area contributed by atoms with Crippen LogP contribution in [0.25, 0.3) is 11.1 Å². The average Bonchev–Trinajstić information content (AvgIpc) is 3.10. The van der Waals surface area contributed by atoms with Gasteiger partial charge in [-0.2, -0.15) is 4.98 Å². The van der Waals surface area contributed by atoms with Gasteiger partial charge in [0.25, 0.3) is 0 Å². The van der Waals surface area contributed by atoms with Crippen LogP contribution in [0.3, 0.4) is 0 Å². The predicted octanol–water partition coefficient (Wildman–Crippen LogP) is 5.63. The maximum Gasteiger partial charge on any atom is 0.397 e. The SMILES string of the molecule is CCOC(=O)C(C)CCCC(Oc1ccccc1)Oc1nc2ccc(Cl)cc2o1.